The predicted octanol–water partition coefficient (Wildman–Crippen LogP) is 3.45. The summed E-state index contributed by atoms with van der Waals surface area (Å²) < 4.78 is 33.2. The van der Waals surface area contributed by atoms with Crippen LogP contribution in [0.1, 0.15) is 5.56 Å². The molecule has 0 amide bonds. The number of halogens is 2. The fraction of sp³-hybridized carbons (Fsp3) is 0.0625. The molecule has 0 saturated heterocycles. The number of fused-ring (bicyclic) bond motifs is 1. The van der Waals surface area contributed by atoms with E-state index in [-0.39, 0.29) is 22.8 Å². The van der Waals surface area contributed by atoms with Crippen LogP contribution in [0.5, 0.6) is 0 Å². The number of nitrogens with two attached hydrogens (primary N) is 1. The van der Waals surface area contributed by atoms with E-state index in [4.69, 9.17) is 10.2 Å². The summed E-state index contributed by atoms with van der Waals surface area (Å²) in [5, 5.41) is 7.73. The molecule has 1 aromatic carbocycles. The summed E-state index contributed by atoms with van der Waals surface area (Å²) in [7, 11) is 0. The zero-order chi connectivity index (χ0) is 16.8. The summed E-state index contributed by atoms with van der Waals surface area (Å²) in [6.45, 7) is 1.90. The Kier molecular flexibility index (Phi) is 3.05. The van der Waals surface area contributed by atoms with Crippen LogP contribution in [0.15, 0.2) is 34.9 Å². The number of nitrogens with one attached hydrogen (secondary N) is 1. The minimum absolute atomic E-state index is 0.0575. The van der Waals surface area contributed by atoms with Gasteiger partial charge in [0.2, 0.25) is 0 Å². The van der Waals surface area contributed by atoms with Gasteiger partial charge in [0.25, 0.3) is 5.89 Å². The first-order valence-electron chi connectivity index (χ1n) is 7.06. The van der Waals surface area contributed by atoms with Gasteiger partial charge in [-0.05, 0) is 30.7 Å². The van der Waals surface area contributed by atoms with E-state index in [0.29, 0.717) is 17.0 Å². The van der Waals surface area contributed by atoms with Crippen molar-refractivity contribution in [3.8, 4) is 22.8 Å². The summed E-state index contributed by atoms with van der Waals surface area (Å²) in [6.07, 6.45) is 1.62. The van der Waals surface area contributed by atoms with Crippen molar-refractivity contribution < 1.29 is 13.2 Å². The van der Waals surface area contributed by atoms with E-state index < -0.39 is 11.6 Å². The van der Waals surface area contributed by atoms with E-state index in [9.17, 15) is 8.78 Å². The zero-order valence-electron chi connectivity index (χ0n) is 12.5. The summed E-state index contributed by atoms with van der Waals surface area (Å²) >= 11 is 0. The highest BCUT2D eigenvalue weighted by Crippen LogP contribution is 2.38. The molecule has 6 nitrogen and oxygen atoms in total. The molecule has 0 saturated carbocycles. The van der Waals surface area contributed by atoms with Gasteiger partial charge >= 0.3 is 6.01 Å². The largest absolute Gasteiger partial charge is 0.403 e. The third-order valence-electron chi connectivity index (χ3n) is 3.65. The molecule has 3 aromatic heterocycles. The molecule has 4 aromatic rings. The molecule has 0 aliphatic heterocycles. The normalized spacial score (nSPS) is 11.3. The summed E-state index contributed by atoms with van der Waals surface area (Å²) in [5.74, 6) is -1.38. The lowest BCUT2D eigenvalue weighted by molar-refractivity contribution is 0.589. The van der Waals surface area contributed by atoms with Crippen molar-refractivity contribution in [3.63, 3.8) is 0 Å². The minimum Gasteiger partial charge on any atom is -0.403 e. The van der Waals surface area contributed by atoms with Crippen molar-refractivity contribution in [1.82, 2.24) is 20.2 Å². The highest BCUT2D eigenvalue weighted by atomic mass is 19.1. The van der Waals surface area contributed by atoms with Gasteiger partial charge in [0.05, 0.1) is 22.5 Å². The van der Waals surface area contributed by atoms with Gasteiger partial charge in [-0.3, -0.25) is 4.98 Å². The fourth-order valence-corrected chi connectivity index (χ4v) is 2.64. The molecule has 24 heavy (non-hydrogen) atoms. The molecule has 0 aliphatic rings. The molecule has 120 valence electrons. The highest BCUT2D eigenvalue weighted by Gasteiger charge is 2.23. The number of hydrogen-bond acceptors (Lipinski definition) is 5. The first kappa shape index (κ1) is 14.3. The number of aromatic amines is 1. The topological polar surface area (TPSA) is 93.6 Å². The number of aromatic nitrogens is 4. The summed E-state index contributed by atoms with van der Waals surface area (Å²) in [6, 6.07) is 5.50. The maximum absolute atomic E-state index is 14.2. The van der Waals surface area contributed by atoms with Crippen molar-refractivity contribution in [2.75, 3.05) is 5.73 Å². The predicted molar refractivity (Wildman–Crippen MR) is 83.9 cm³/mol. The Morgan fingerprint density at radius 2 is 2.00 bits per heavy atom. The highest BCUT2D eigenvalue weighted by molar-refractivity contribution is 6.01. The van der Waals surface area contributed by atoms with E-state index in [1.54, 1.807) is 6.20 Å². The van der Waals surface area contributed by atoms with Crippen LogP contribution in [-0.4, -0.2) is 20.2 Å². The minimum atomic E-state index is -0.724. The third-order valence-corrected chi connectivity index (χ3v) is 3.65. The van der Waals surface area contributed by atoms with E-state index >= 15 is 0 Å². The van der Waals surface area contributed by atoms with Crippen LogP contribution in [0.2, 0.25) is 0 Å². The van der Waals surface area contributed by atoms with Gasteiger partial charge in [0.15, 0.2) is 0 Å². The molecule has 0 atom stereocenters. The summed E-state index contributed by atoms with van der Waals surface area (Å²) in [4.78, 5) is 7.22. The van der Waals surface area contributed by atoms with E-state index in [1.807, 2.05) is 19.1 Å². The lowest BCUT2D eigenvalue weighted by atomic mass is 10.1. The Hall–Kier alpha value is -3.29. The van der Waals surface area contributed by atoms with Crippen LogP contribution in [0.25, 0.3) is 33.7 Å². The van der Waals surface area contributed by atoms with Crippen molar-refractivity contribution in [2.45, 2.75) is 6.92 Å². The van der Waals surface area contributed by atoms with Gasteiger partial charge < -0.3 is 15.1 Å². The van der Waals surface area contributed by atoms with Crippen molar-refractivity contribution in [2.24, 2.45) is 0 Å². The molecule has 0 unspecified atom stereocenters. The Labute approximate surface area is 134 Å². The standard InChI is InChI=1S/C16H11F2N5O/c1-7-2-3-20-11(4-7)14-12(15-22-23-16(19)24-15)9-5-8(17)6-10(18)13(9)21-14/h2-6,21H,1H3,(H2,19,23). The fourth-order valence-electron chi connectivity index (χ4n) is 2.64. The number of aryl methyl sites for hydroxylation is 1. The van der Waals surface area contributed by atoms with E-state index in [2.05, 4.69) is 20.2 Å². The maximum Gasteiger partial charge on any atom is 0.313 e. The molecule has 0 radical (unpaired) electrons. The van der Waals surface area contributed by atoms with E-state index in [1.165, 1.54) is 6.07 Å². The van der Waals surface area contributed by atoms with Crippen molar-refractivity contribution >= 4 is 16.9 Å². The lowest BCUT2D eigenvalue weighted by Crippen LogP contribution is -1.88. The van der Waals surface area contributed by atoms with Gasteiger partial charge in [0.1, 0.15) is 11.6 Å². The van der Waals surface area contributed by atoms with Crippen molar-refractivity contribution in [1.29, 1.82) is 0 Å². The summed E-state index contributed by atoms with van der Waals surface area (Å²) in [5.41, 5.74) is 7.91. The second-order valence-corrected chi connectivity index (χ2v) is 5.35. The maximum atomic E-state index is 14.2. The van der Waals surface area contributed by atoms with Gasteiger partial charge in [-0.1, -0.05) is 5.10 Å². The number of H-pyrrole nitrogens is 1. The van der Waals surface area contributed by atoms with Gasteiger partial charge in [0, 0.05) is 17.6 Å². The number of nitrogen functional groups attached to an aromatic ring is 1. The average Bonchev–Trinajstić information content (AvgIpc) is 3.10. The Morgan fingerprint density at radius 1 is 1.17 bits per heavy atom. The lowest BCUT2D eigenvalue weighted by Gasteiger charge is -2.02. The molecular weight excluding hydrogens is 316 g/mol. The first-order chi connectivity index (χ1) is 11.5. The quantitative estimate of drug-likeness (QED) is 0.588. The molecule has 3 heterocycles. The average molecular weight is 327 g/mol. The number of pyridine rings is 1. The van der Waals surface area contributed by atoms with E-state index in [0.717, 1.165) is 11.6 Å². The monoisotopic (exact) mass is 327 g/mol. The van der Waals surface area contributed by atoms with Crippen LogP contribution in [0.4, 0.5) is 14.8 Å². The zero-order valence-corrected chi connectivity index (χ0v) is 12.5. The number of benzene rings is 1. The molecule has 8 heteroatoms. The smallest absolute Gasteiger partial charge is 0.313 e. The number of anilines is 1. The Bertz CT molecular complexity index is 1070. The SMILES string of the molecule is Cc1ccnc(-c2[nH]c3c(F)cc(F)cc3c2-c2nnc(N)o2)c1. The Balaban J connectivity index is 2.11. The molecular formula is C16H11F2N5O. The van der Waals surface area contributed by atoms with Crippen LogP contribution >= 0.6 is 0 Å². The van der Waals surface area contributed by atoms with Gasteiger partial charge in [-0.15, -0.1) is 5.10 Å². The van der Waals surface area contributed by atoms with Crippen molar-refractivity contribution in [3.05, 3.63) is 47.7 Å². The van der Waals surface area contributed by atoms with Crippen LogP contribution < -0.4 is 5.73 Å². The van der Waals surface area contributed by atoms with Crippen LogP contribution in [0, 0.1) is 18.6 Å². The van der Waals surface area contributed by atoms with Crippen LogP contribution in [0.3, 0.4) is 0 Å². The third kappa shape index (κ3) is 2.19. The van der Waals surface area contributed by atoms with Crippen LogP contribution in [-0.2, 0) is 0 Å². The molecule has 0 aliphatic carbocycles. The first-order valence-corrected chi connectivity index (χ1v) is 7.06. The number of hydrogen-bond donors (Lipinski definition) is 2. The number of rotatable bonds is 2. The second-order valence-electron chi connectivity index (χ2n) is 5.35. The molecule has 0 spiro atoms. The molecule has 0 fully saturated rings. The Morgan fingerprint density at radius 3 is 2.71 bits per heavy atom. The molecule has 3 N–H and O–H groups in total. The van der Waals surface area contributed by atoms with Gasteiger partial charge in [-0.2, -0.15) is 0 Å². The van der Waals surface area contributed by atoms with Gasteiger partial charge in [-0.25, -0.2) is 8.78 Å². The molecule has 4 rings (SSSR count). The second kappa shape index (κ2) is 5.12. The number of nitrogens with zero attached hydrogens (tertiary/aromatic N) is 3. The molecule has 0 bridgehead atoms.